The van der Waals surface area contributed by atoms with E-state index in [4.69, 9.17) is 0 Å². The average Bonchev–Trinajstić information content (AvgIpc) is 2.56. The van der Waals surface area contributed by atoms with Gasteiger partial charge >= 0.3 is 0 Å². The third kappa shape index (κ3) is 5.85. The maximum atomic E-state index is 13.5. The molecule has 0 radical (unpaired) electrons. The fourth-order valence-electron chi connectivity index (χ4n) is 2.26. The molecule has 0 amide bonds. The molecule has 0 unspecified atom stereocenters. The SMILES string of the molecule is CCCCS(=O)(=O)Nc1ccc(NCCc2ccccc2F)cc1. The van der Waals surface area contributed by atoms with Gasteiger partial charge in [-0.1, -0.05) is 31.5 Å². The zero-order chi connectivity index (χ0) is 17.4. The fourth-order valence-corrected chi connectivity index (χ4v) is 3.53. The summed E-state index contributed by atoms with van der Waals surface area (Å²) in [6, 6.07) is 13.8. The summed E-state index contributed by atoms with van der Waals surface area (Å²) in [5.74, 6) is -0.0669. The molecule has 0 bridgehead atoms. The van der Waals surface area contributed by atoms with Gasteiger partial charge in [0.25, 0.3) is 0 Å². The van der Waals surface area contributed by atoms with Gasteiger partial charge in [0.1, 0.15) is 5.82 Å². The molecule has 2 N–H and O–H groups in total. The van der Waals surface area contributed by atoms with Crippen LogP contribution in [0, 0.1) is 5.82 Å². The molecule has 0 saturated carbocycles. The first-order chi connectivity index (χ1) is 11.5. The van der Waals surface area contributed by atoms with E-state index in [1.54, 1.807) is 36.4 Å². The van der Waals surface area contributed by atoms with E-state index in [-0.39, 0.29) is 11.6 Å². The van der Waals surface area contributed by atoms with Crippen LogP contribution in [0.3, 0.4) is 0 Å². The average molecular weight is 350 g/mol. The predicted molar refractivity (Wildman–Crippen MR) is 97.4 cm³/mol. The van der Waals surface area contributed by atoms with Crippen LogP contribution in [-0.4, -0.2) is 20.7 Å². The Morgan fingerprint density at radius 1 is 1.00 bits per heavy atom. The first kappa shape index (κ1) is 18.3. The van der Waals surface area contributed by atoms with Crippen LogP contribution >= 0.6 is 0 Å². The van der Waals surface area contributed by atoms with Crippen LogP contribution in [0.2, 0.25) is 0 Å². The van der Waals surface area contributed by atoms with Crippen molar-refractivity contribution in [3.05, 3.63) is 59.9 Å². The Morgan fingerprint density at radius 2 is 1.67 bits per heavy atom. The second-order valence-electron chi connectivity index (χ2n) is 5.62. The van der Waals surface area contributed by atoms with E-state index in [0.717, 1.165) is 12.1 Å². The van der Waals surface area contributed by atoms with Crippen molar-refractivity contribution in [3.63, 3.8) is 0 Å². The highest BCUT2D eigenvalue weighted by atomic mass is 32.2. The minimum atomic E-state index is -3.28. The quantitative estimate of drug-likeness (QED) is 0.718. The van der Waals surface area contributed by atoms with Crippen molar-refractivity contribution < 1.29 is 12.8 Å². The standard InChI is InChI=1S/C18H23FN2O2S/c1-2-3-14-24(22,23)21-17-10-8-16(9-11-17)20-13-12-15-6-4-5-7-18(15)19/h4-11,20-21H,2-3,12-14H2,1H3. The number of hydrogen-bond acceptors (Lipinski definition) is 3. The molecular weight excluding hydrogens is 327 g/mol. The van der Waals surface area contributed by atoms with E-state index in [1.165, 1.54) is 6.07 Å². The van der Waals surface area contributed by atoms with Crippen molar-refractivity contribution in [1.82, 2.24) is 0 Å². The third-order valence-corrected chi connectivity index (χ3v) is 4.98. The third-order valence-electron chi connectivity index (χ3n) is 3.61. The Morgan fingerprint density at radius 3 is 2.33 bits per heavy atom. The minimum absolute atomic E-state index is 0.131. The van der Waals surface area contributed by atoms with Crippen molar-refractivity contribution in [3.8, 4) is 0 Å². The number of anilines is 2. The Balaban J connectivity index is 1.85. The van der Waals surface area contributed by atoms with Crippen molar-refractivity contribution in [2.24, 2.45) is 0 Å². The van der Waals surface area contributed by atoms with Crippen LogP contribution < -0.4 is 10.0 Å². The summed E-state index contributed by atoms with van der Waals surface area (Å²) in [5.41, 5.74) is 2.08. The van der Waals surface area contributed by atoms with Gasteiger partial charge in [0.05, 0.1) is 5.75 Å². The molecule has 4 nitrogen and oxygen atoms in total. The molecule has 2 rings (SSSR count). The van der Waals surface area contributed by atoms with Gasteiger partial charge in [0, 0.05) is 17.9 Å². The van der Waals surface area contributed by atoms with E-state index in [2.05, 4.69) is 10.0 Å². The first-order valence-corrected chi connectivity index (χ1v) is 9.73. The number of nitrogens with one attached hydrogen (secondary N) is 2. The lowest BCUT2D eigenvalue weighted by molar-refractivity contribution is 0.598. The van der Waals surface area contributed by atoms with Crippen LogP contribution in [0.5, 0.6) is 0 Å². The lowest BCUT2D eigenvalue weighted by Gasteiger charge is -2.10. The summed E-state index contributed by atoms with van der Waals surface area (Å²) >= 11 is 0. The highest BCUT2D eigenvalue weighted by Gasteiger charge is 2.09. The van der Waals surface area contributed by atoms with Gasteiger partial charge in [-0.2, -0.15) is 0 Å². The van der Waals surface area contributed by atoms with Crippen molar-refractivity contribution in [2.45, 2.75) is 26.2 Å². The number of hydrogen-bond donors (Lipinski definition) is 2. The summed E-state index contributed by atoms with van der Waals surface area (Å²) in [5, 5.41) is 3.20. The van der Waals surface area contributed by atoms with Gasteiger partial charge < -0.3 is 5.32 Å². The predicted octanol–water partition coefficient (Wildman–Crippen LogP) is 4.02. The monoisotopic (exact) mass is 350 g/mol. The maximum Gasteiger partial charge on any atom is 0.232 e. The molecule has 0 aliphatic heterocycles. The molecule has 0 spiro atoms. The first-order valence-electron chi connectivity index (χ1n) is 8.08. The van der Waals surface area contributed by atoms with Gasteiger partial charge in [0.15, 0.2) is 0 Å². The molecule has 6 heteroatoms. The molecule has 0 heterocycles. The summed E-state index contributed by atoms with van der Waals surface area (Å²) < 4.78 is 39.8. The van der Waals surface area contributed by atoms with E-state index >= 15 is 0 Å². The largest absolute Gasteiger partial charge is 0.385 e. The number of unbranched alkanes of at least 4 members (excludes halogenated alkanes) is 1. The number of halogens is 1. The Hall–Kier alpha value is -2.08. The Bertz CT molecular complexity index is 746. The van der Waals surface area contributed by atoms with E-state index < -0.39 is 10.0 Å². The zero-order valence-electron chi connectivity index (χ0n) is 13.8. The minimum Gasteiger partial charge on any atom is -0.385 e. The topological polar surface area (TPSA) is 58.2 Å². The molecule has 0 fully saturated rings. The van der Waals surface area contributed by atoms with Gasteiger partial charge in [-0.05, 0) is 48.7 Å². The Kier molecular flexibility index (Phi) is 6.61. The smallest absolute Gasteiger partial charge is 0.232 e. The molecule has 2 aromatic carbocycles. The van der Waals surface area contributed by atoms with Gasteiger partial charge in [-0.3, -0.25) is 4.72 Å². The van der Waals surface area contributed by atoms with Gasteiger partial charge in [-0.25, -0.2) is 12.8 Å². The fraction of sp³-hybridized carbons (Fsp3) is 0.333. The molecular formula is C18H23FN2O2S. The molecule has 2 aromatic rings. The van der Waals surface area contributed by atoms with E-state index in [9.17, 15) is 12.8 Å². The van der Waals surface area contributed by atoms with E-state index in [1.807, 2.05) is 13.0 Å². The molecule has 0 aromatic heterocycles. The summed E-state index contributed by atoms with van der Waals surface area (Å²) in [6.45, 7) is 2.56. The summed E-state index contributed by atoms with van der Waals surface area (Å²) in [7, 11) is -3.28. The Labute approximate surface area is 143 Å². The maximum absolute atomic E-state index is 13.5. The molecule has 0 atom stereocenters. The zero-order valence-corrected chi connectivity index (χ0v) is 14.6. The van der Waals surface area contributed by atoms with E-state index in [0.29, 0.717) is 30.6 Å². The van der Waals surface area contributed by atoms with Gasteiger partial charge in [0.2, 0.25) is 10.0 Å². The highest BCUT2D eigenvalue weighted by Crippen LogP contribution is 2.16. The normalized spacial score (nSPS) is 11.2. The molecule has 0 saturated heterocycles. The van der Waals surface area contributed by atoms with Crippen LogP contribution in [0.15, 0.2) is 48.5 Å². The highest BCUT2D eigenvalue weighted by molar-refractivity contribution is 7.92. The summed E-state index contributed by atoms with van der Waals surface area (Å²) in [6.07, 6.45) is 2.06. The van der Waals surface area contributed by atoms with Crippen LogP contribution in [-0.2, 0) is 16.4 Å². The second kappa shape index (κ2) is 8.68. The number of rotatable bonds is 9. The van der Waals surface area contributed by atoms with Crippen LogP contribution in [0.4, 0.5) is 15.8 Å². The number of sulfonamides is 1. The van der Waals surface area contributed by atoms with Crippen molar-refractivity contribution in [1.29, 1.82) is 0 Å². The van der Waals surface area contributed by atoms with Crippen molar-refractivity contribution in [2.75, 3.05) is 22.3 Å². The molecule has 0 aliphatic carbocycles. The number of benzene rings is 2. The van der Waals surface area contributed by atoms with Crippen LogP contribution in [0.25, 0.3) is 0 Å². The lowest BCUT2D eigenvalue weighted by Crippen LogP contribution is -2.16. The lowest BCUT2D eigenvalue weighted by atomic mass is 10.1. The van der Waals surface area contributed by atoms with Gasteiger partial charge in [-0.15, -0.1) is 0 Å². The molecule has 130 valence electrons. The van der Waals surface area contributed by atoms with Crippen LogP contribution in [0.1, 0.15) is 25.3 Å². The molecule has 24 heavy (non-hydrogen) atoms. The van der Waals surface area contributed by atoms with Crippen molar-refractivity contribution >= 4 is 21.4 Å². The molecule has 0 aliphatic rings. The summed E-state index contributed by atoms with van der Waals surface area (Å²) in [4.78, 5) is 0. The second-order valence-corrected chi connectivity index (χ2v) is 7.46.